The number of hydrogen-bond acceptors (Lipinski definition) is 5. The Bertz CT molecular complexity index is 1100. The van der Waals surface area contributed by atoms with Gasteiger partial charge in [0, 0.05) is 12.8 Å². The molecule has 0 radical (unpaired) electrons. The molecule has 0 bridgehead atoms. The van der Waals surface area contributed by atoms with Crippen LogP contribution in [0.15, 0.2) is 12.2 Å². The topological polar surface area (TPSA) is 95.9 Å². The van der Waals surface area contributed by atoms with Gasteiger partial charge < -0.3 is 20.3 Å². The van der Waals surface area contributed by atoms with E-state index in [0.29, 0.717) is 19.4 Å². The van der Waals surface area contributed by atoms with Crippen molar-refractivity contribution in [2.45, 2.75) is 392 Å². The number of esters is 1. The fourth-order valence-electron chi connectivity index (χ4n) is 10.7. The number of carbonyl (C=O) groups is 2. The van der Waals surface area contributed by atoms with Crippen molar-refractivity contribution in [3.63, 3.8) is 0 Å². The number of aliphatic hydroxyl groups excluding tert-OH is 2. The van der Waals surface area contributed by atoms with Crippen LogP contribution in [0.3, 0.4) is 0 Å². The number of hydrogen-bond donors (Lipinski definition) is 3. The largest absolute Gasteiger partial charge is 0.466 e. The Labute approximate surface area is 457 Å². The van der Waals surface area contributed by atoms with Gasteiger partial charge in [-0.15, -0.1) is 0 Å². The zero-order valence-electron chi connectivity index (χ0n) is 49.6. The summed E-state index contributed by atoms with van der Waals surface area (Å²) in [5.74, 6) is -0.0402. The van der Waals surface area contributed by atoms with E-state index in [4.69, 9.17) is 4.74 Å². The molecule has 0 aliphatic rings. The highest BCUT2D eigenvalue weighted by atomic mass is 16.5. The Morgan fingerprint density at radius 2 is 0.630 bits per heavy atom. The van der Waals surface area contributed by atoms with Gasteiger partial charge in [-0.05, 0) is 32.1 Å². The lowest BCUT2D eigenvalue weighted by Gasteiger charge is -2.20. The van der Waals surface area contributed by atoms with Crippen LogP contribution in [-0.4, -0.2) is 47.4 Å². The predicted octanol–water partition coefficient (Wildman–Crippen LogP) is 21.2. The molecular weight excluding hydrogens is 899 g/mol. The molecule has 0 saturated heterocycles. The van der Waals surface area contributed by atoms with E-state index < -0.39 is 12.1 Å². The first kappa shape index (κ1) is 71.6. The monoisotopic (exact) mass is 1030 g/mol. The molecule has 0 aromatic rings. The second-order valence-electron chi connectivity index (χ2n) is 23.2. The van der Waals surface area contributed by atoms with Crippen LogP contribution in [0.1, 0.15) is 380 Å². The van der Waals surface area contributed by atoms with Gasteiger partial charge in [0.25, 0.3) is 0 Å². The van der Waals surface area contributed by atoms with Gasteiger partial charge in [0.2, 0.25) is 5.91 Å². The molecule has 2 atom stereocenters. The number of rotatable bonds is 63. The average molecular weight is 1030 g/mol. The number of amides is 1. The normalized spacial score (nSPS) is 12.5. The third-order valence-electron chi connectivity index (χ3n) is 15.8. The van der Waals surface area contributed by atoms with E-state index >= 15 is 0 Å². The number of allylic oxidation sites excluding steroid dienone is 1. The second-order valence-corrected chi connectivity index (χ2v) is 23.2. The molecule has 73 heavy (non-hydrogen) atoms. The summed E-state index contributed by atoms with van der Waals surface area (Å²) in [5.41, 5.74) is 0. The highest BCUT2D eigenvalue weighted by molar-refractivity contribution is 5.76. The molecule has 0 heterocycles. The number of unbranched alkanes of at least 4 members (excludes halogenated alkanes) is 52. The fraction of sp³-hybridized carbons (Fsp3) is 0.940. The van der Waals surface area contributed by atoms with Gasteiger partial charge in [0.05, 0.1) is 25.4 Å². The van der Waals surface area contributed by atoms with Crippen LogP contribution in [-0.2, 0) is 14.3 Å². The first-order valence-electron chi connectivity index (χ1n) is 33.5. The summed E-state index contributed by atoms with van der Waals surface area (Å²) >= 11 is 0. The minimum absolute atomic E-state index is 0.0227. The predicted molar refractivity (Wildman–Crippen MR) is 320 cm³/mol. The molecule has 0 spiro atoms. The van der Waals surface area contributed by atoms with Crippen molar-refractivity contribution in [3.05, 3.63) is 12.2 Å². The van der Waals surface area contributed by atoms with Crippen LogP contribution in [0.5, 0.6) is 0 Å². The third kappa shape index (κ3) is 59.7. The molecule has 6 heteroatoms. The Balaban J connectivity index is 3.31. The van der Waals surface area contributed by atoms with Crippen LogP contribution < -0.4 is 5.32 Å². The van der Waals surface area contributed by atoms with Crippen molar-refractivity contribution in [3.8, 4) is 0 Å². The average Bonchev–Trinajstić information content (AvgIpc) is 3.39. The molecule has 0 aliphatic heterocycles. The summed E-state index contributed by atoms with van der Waals surface area (Å²) in [5, 5.41) is 23.1. The van der Waals surface area contributed by atoms with E-state index in [9.17, 15) is 19.8 Å². The smallest absolute Gasteiger partial charge is 0.305 e. The van der Waals surface area contributed by atoms with E-state index in [1.165, 1.54) is 315 Å². The maximum atomic E-state index is 12.4. The molecule has 3 N–H and O–H groups in total. The molecule has 434 valence electrons. The van der Waals surface area contributed by atoms with Gasteiger partial charge in [-0.25, -0.2) is 0 Å². The summed E-state index contributed by atoms with van der Waals surface area (Å²) in [6, 6.07) is -0.623. The molecule has 0 rings (SSSR count). The summed E-state index contributed by atoms with van der Waals surface area (Å²) in [6.45, 7) is 4.93. The zero-order valence-corrected chi connectivity index (χ0v) is 49.6. The van der Waals surface area contributed by atoms with Gasteiger partial charge in [-0.2, -0.15) is 0 Å². The molecule has 1 amide bonds. The Morgan fingerprint density at radius 3 is 0.932 bits per heavy atom. The maximum Gasteiger partial charge on any atom is 0.305 e. The molecule has 2 unspecified atom stereocenters. The molecule has 0 aromatic heterocycles. The maximum absolute atomic E-state index is 12.4. The molecule has 6 nitrogen and oxygen atoms in total. The van der Waals surface area contributed by atoms with Crippen molar-refractivity contribution in [2.24, 2.45) is 0 Å². The second kappa shape index (κ2) is 63.1. The van der Waals surface area contributed by atoms with Crippen molar-refractivity contribution in [1.82, 2.24) is 5.32 Å². The summed E-state index contributed by atoms with van der Waals surface area (Å²) < 4.78 is 5.49. The van der Waals surface area contributed by atoms with Crippen molar-refractivity contribution < 1.29 is 24.5 Å². The highest BCUT2D eigenvalue weighted by Gasteiger charge is 2.18. The molecular formula is C67H131NO5. The van der Waals surface area contributed by atoms with Crippen LogP contribution in [0.2, 0.25) is 0 Å². The van der Waals surface area contributed by atoms with Gasteiger partial charge in [-0.3, -0.25) is 9.59 Å². The van der Waals surface area contributed by atoms with Crippen LogP contribution >= 0.6 is 0 Å². The van der Waals surface area contributed by atoms with E-state index in [1.54, 1.807) is 6.08 Å². The lowest BCUT2D eigenvalue weighted by molar-refractivity contribution is -0.143. The first-order valence-corrected chi connectivity index (χ1v) is 33.5. The number of ether oxygens (including phenoxy) is 1. The third-order valence-corrected chi connectivity index (χ3v) is 15.8. The van der Waals surface area contributed by atoms with E-state index in [0.717, 1.165) is 38.5 Å². The number of carbonyl (C=O) groups excluding carboxylic acids is 2. The van der Waals surface area contributed by atoms with Gasteiger partial charge in [0.15, 0.2) is 0 Å². The highest BCUT2D eigenvalue weighted by Crippen LogP contribution is 2.19. The Hall–Kier alpha value is -1.40. The van der Waals surface area contributed by atoms with Crippen molar-refractivity contribution >= 4 is 11.9 Å². The van der Waals surface area contributed by atoms with Crippen LogP contribution in [0.25, 0.3) is 0 Å². The summed E-state index contributed by atoms with van der Waals surface area (Å²) in [4.78, 5) is 24.5. The lowest BCUT2D eigenvalue weighted by atomic mass is 10.0. The summed E-state index contributed by atoms with van der Waals surface area (Å²) in [7, 11) is 0. The standard InChI is InChI=1S/C67H131NO5/c1-3-5-7-9-11-13-15-17-37-41-45-49-53-57-61-67(72)73-62-58-54-50-46-42-38-35-33-31-29-27-25-23-21-19-18-20-22-24-26-28-30-32-34-36-40-44-48-52-56-60-66(71)68-64(63-69)65(70)59-55-51-47-43-39-16-14-12-10-8-6-4-2/h55,59,64-65,69-70H,3-54,56-58,60-63H2,1-2H3,(H,68,71)/b59-55+. The Kier molecular flexibility index (Phi) is 61.9. The van der Waals surface area contributed by atoms with Crippen LogP contribution in [0, 0.1) is 0 Å². The Morgan fingerprint density at radius 1 is 0.370 bits per heavy atom. The van der Waals surface area contributed by atoms with Crippen molar-refractivity contribution in [2.75, 3.05) is 13.2 Å². The number of nitrogens with one attached hydrogen (secondary N) is 1. The lowest BCUT2D eigenvalue weighted by Crippen LogP contribution is -2.45. The fourth-order valence-corrected chi connectivity index (χ4v) is 10.7. The number of aliphatic hydroxyl groups is 2. The van der Waals surface area contributed by atoms with Gasteiger partial charge in [-0.1, -0.05) is 347 Å². The SMILES string of the molecule is CCCCCCCCCCCC/C=C/C(O)C(CO)NC(=O)CCCCCCCCCCCCCCCCCCCCCCCCCCCCCCCCOC(=O)CCCCCCCCCCCCCCCC. The quantitative estimate of drug-likeness (QED) is 0.0320. The molecule has 0 aromatic carbocycles. The molecule has 0 fully saturated rings. The van der Waals surface area contributed by atoms with Gasteiger partial charge >= 0.3 is 5.97 Å². The minimum Gasteiger partial charge on any atom is -0.466 e. The summed E-state index contributed by atoms with van der Waals surface area (Å²) in [6.07, 6.45) is 77.2. The van der Waals surface area contributed by atoms with E-state index in [1.807, 2.05) is 6.08 Å². The minimum atomic E-state index is -0.839. The first-order chi connectivity index (χ1) is 36.0. The molecule has 0 saturated carbocycles. The van der Waals surface area contributed by atoms with Gasteiger partial charge in [0.1, 0.15) is 0 Å². The molecule has 0 aliphatic carbocycles. The van der Waals surface area contributed by atoms with E-state index in [-0.39, 0.29) is 18.5 Å². The zero-order chi connectivity index (χ0) is 52.9. The van der Waals surface area contributed by atoms with Crippen molar-refractivity contribution in [1.29, 1.82) is 0 Å². The van der Waals surface area contributed by atoms with E-state index in [2.05, 4.69) is 19.2 Å². The van der Waals surface area contributed by atoms with Crippen LogP contribution in [0.4, 0.5) is 0 Å².